The van der Waals surface area contributed by atoms with Gasteiger partial charge in [0.05, 0.1) is 21.6 Å². The number of fused-ring (bicyclic) bond motifs is 3. The van der Waals surface area contributed by atoms with Crippen molar-refractivity contribution in [2.45, 2.75) is 32.6 Å². The molecule has 3 aromatic rings. The highest BCUT2D eigenvalue weighted by molar-refractivity contribution is 7.18. The van der Waals surface area contributed by atoms with Crippen LogP contribution >= 0.6 is 34.5 Å². The van der Waals surface area contributed by atoms with Crippen LogP contribution in [-0.4, -0.2) is 15.9 Å². The molecule has 2 heterocycles. The van der Waals surface area contributed by atoms with Gasteiger partial charge in [0.15, 0.2) is 0 Å². The summed E-state index contributed by atoms with van der Waals surface area (Å²) in [6.07, 6.45) is 5.90. The SMILES string of the molecule is Cc1nc2sc3c(c2c(=O)n1/N=C/c1ccc(Cl)c(Cl)c1)CCCC3. The first-order valence-electron chi connectivity index (χ1n) is 8.08. The smallest absolute Gasteiger partial charge is 0.267 e. The van der Waals surface area contributed by atoms with Gasteiger partial charge < -0.3 is 0 Å². The van der Waals surface area contributed by atoms with E-state index in [4.69, 9.17) is 23.2 Å². The molecule has 0 unspecified atom stereocenters. The Morgan fingerprint density at radius 2 is 2.04 bits per heavy atom. The predicted molar refractivity (Wildman–Crippen MR) is 105 cm³/mol. The number of aryl methyl sites for hydroxylation is 3. The van der Waals surface area contributed by atoms with Gasteiger partial charge in [-0.1, -0.05) is 29.3 Å². The first-order valence-corrected chi connectivity index (χ1v) is 9.65. The maximum absolute atomic E-state index is 13.0. The number of thiophene rings is 1. The summed E-state index contributed by atoms with van der Waals surface area (Å²) in [5.74, 6) is 0.576. The van der Waals surface area contributed by atoms with Crippen molar-refractivity contribution < 1.29 is 0 Å². The van der Waals surface area contributed by atoms with Gasteiger partial charge in [0, 0.05) is 4.88 Å². The minimum absolute atomic E-state index is 0.0989. The molecule has 4 nitrogen and oxygen atoms in total. The number of benzene rings is 1. The number of halogens is 2. The highest BCUT2D eigenvalue weighted by Gasteiger charge is 2.21. The van der Waals surface area contributed by atoms with E-state index in [1.165, 1.54) is 21.5 Å². The van der Waals surface area contributed by atoms with Gasteiger partial charge in [0.25, 0.3) is 5.56 Å². The van der Waals surface area contributed by atoms with Crippen LogP contribution in [-0.2, 0) is 12.8 Å². The fourth-order valence-electron chi connectivity index (χ4n) is 3.15. The van der Waals surface area contributed by atoms with Gasteiger partial charge in [-0.25, -0.2) is 4.98 Å². The topological polar surface area (TPSA) is 47.2 Å². The molecular weight excluding hydrogens is 377 g/mol. The molecule has 7 heteroatoms. The van der Waals surface area contributed by atoms with Crippen molar-refractivity contribution in [2.24, 2.45) is 5.10 Å². The number of aromatic nitrogens is 2. The molecule has 0 atom stereocenters. The Morgan fingerprint density at radius 3 is 2.84 bits per heavy atom. The van der Waals surface area contributed by atoms with E-state index in [2.05, 4.69) is 10.1 Å². The van der Waals surface area contributed by atoms with E-state index in [9.17, 15) is 4.79 Å². The zero-order valence-electron chi connectivity index (χ0n) is 13.6. The summed E-state index contributed by atoms with van der Waals surface area (Å²) in [5.41, 5.74) is 1.84. The summed E-state index contributed by atoms with van der Waals surface area (Å²) in [6, 6.07) is 5.22. The Labute approximate surface area is 158 Å². The molecule has 0 spiro atoms. The maximum atomic E-state index is 13.0. The third-order valence-electron chi connectivity index (χ3n) is 4.39. The van der Waals surface area contributed by atoms with Crippen LogP contribution in [0.2, 0.25) is 10.0 Å². The van der Waals surface area contributed by atoms with Crippen LogP contribution in [0, 0.1) is 6.92 Å². The molecule has 25 heavy (non-hydrogen) atoms. The lowest BCUT2D eigenvalue weighted by Gasteiger charge is -2.10. The summed E-state index contributed by atoms with van der Waals surface area (Å²) in [5, 5.41) is 6.02. The Bertz CT molecular complexity index is 1070. The van der Waals surface area contributed by atoms with Crippen molar-refractivity contribution in [3.63, 3.8) is 0 Å². The molecule has 1 aromatic carbocycles. The maximum Gasteiger partial charge on any atom is 0.283 e. The summed E-state index contributed by atoms with van der Waals surface area (Å²) in [6.45, 7) is 1.80. The Morgan fingerprint density at radius 1 is 1.24 bits per heavy atom. The van der Waals surface area contributed by atoms with Gasteiger partial charge in [0.1, 0.15) is 10.7 Å². The minimum atomic E-state index is -0.0989. The highest BCUT2D eigenvalue weighted by atomic mass is 35.5. The first kappa shape index (κ1) is 16.8. The second kappa shape index (κ2) is 6.56. The summed E-state index contributed by atoms with van der Waals surface area (Å²) in [7, 11) is 0. The Hall–Kier alpha value is -1.69. The summed E-state index contributed by atoms with van der Waals surface area (Å²) in [4.78, 5) is 19.7. The van der Waals surface area contributed by atoms with Gasteiger partial charge in [-0.2, -0.15) is 9.78 Å². The molecule has 0 saturated carbocycles. The molecule has 128 valence electrons. The molecule has 2 aromatic heterocycles. The van der Waals surface area contributed by atoms with E-state index in [-0.39, 0.29) is 5.56 Å². The van der Waals surface area contributed by atoms with Gasteiger partial charge in [-0.15, -0.1) is 11.3 Å². The van der Waals surface area contributed by atoms with Crippen molar-refractivity contribution in [3.05, 3.63) is 60.4 Å². The fraction of sp³-hybridized carbons (Fsp3) is 0.278. The lowest BCUT2D eigenvalue weighted by molar-refractivity contribution is 0.698. The van der Waals surface area contributed by atoms with Crippen LogP contribution in [0.1, 0.15) is 34.7 Å². The van der Waals surface area contributed by atoms with Gasteiger partial charge in [-0.05, 0) is 55.9 Å². The second-order valence-electron chi connectivity index (χ2n) is 6.09. The summed E-state index contributed by atoms with van der Waals surface area (Å²) < 4.78 is 1.37. The molecule has 4 rings (SSSR count). The average Bonchev–Trinajstić information content (AvgIpc) is 2.95. The highest BCUT2D eigenvalue weighted by Crippen LogP contribution is 2.33. The van der Waals surface area contributed by atoms with Crippen LogP contribution in [0.4, 0.5) is 0 Å². The summed E-state index contributed by atoms with van der Waals surface area (Å²) >= 11 is 13.6. The third kappa shape index (κ3) is 3.01. The van der Waals surface area contributed by atoms with E-state index in [0.717, 1.165) is 35.0 Å². The second-order valence-corrected chi connectivity index (χ2v) is 7.98. The quantitative estimate of drug-likeness (QED) is 0.587. The standard InChI is InChI=1S/C18H15Cl2N3OS/c1-10-22-17-16(12-4-2-3-5-15(12)25-17)18(24)23(10)21-9-11-6-7-13(19)14(20)8-11/h6-9H,2-5H2,1H3/b21-9+. The molecular formula is C18H15Cl2N3OS. The molecule has 0 aliphatic heterocycles. The zero-order valence-corrected chi connectivity index (χ0v) is 15.9. The largest absolute Gasteiger partial charge is 0.283 e. The molecule has 0 saturated heterocycles. The van der Waals surface area contributed by atoms with Crippen molar-refractivity contribution in [1.29, 1.82) is 0 Å². The van der Waals surface area contributed by atoms with Crippen molar-refractivity contribution in [2.75, 3.05) is 0 Å². The van der Waals surface area contributed by atoms with Crippen molar-refractivity contribution in [1.82, 2.24) is 9.66 Å². The number of nitrogens with zero attached hydrogens (tertiary/aromatic N) is 3. The van der Waals surface area contributed by atoms with E-state index in [1.807, 2.05) is 0 Å². The molecule has 1 aliphatic rings. The molecule has 0 bridgehead atoms. The lowest BCUT2D eigenvalue weighted by atomic mass is 9.97. The van der Waals surface area contributed by atoms with Crippen LogP contribution < -0.4 is 5.56 Å². The lowest BCUT2D eigenvalue weighted by Crippen LogP contribution is -2.21. The van der Waals surface area contributed by atoms with E-state index in [1.54, 1.807) is 42.7 Å². The minimum Gasteiger partial charge on any atom is -0.267 e. The molecule has 0 amide bonds. The van der Waals surface area contributed by atoms with Crippen LogP contribution in [0.15, 0.2) is 28.1 Å². The van der Waals surface area contributed by atoms with Crippen LogP contribution in [0.25, 0.3) is 10.2 Å². The number of rotatable bonds is 2. The number of hydrogen-bond donors (Lipinski definition) is 0. The van der Waals surface area contributed by atoms with Gasteiger partial charge in [-0.3, -0.25) is 4.79 Å². The van der Waals surface area contributed by atoms with Crippen LogP contribution in [0.5, 0.6) is 0 Å². The predicted octanol–water partition coefficient (Wildman–Crippen LogP) is 4.83. The van der Waals surface area contributed by atoms with Crippen molar-refractivity contribution in [3.8, 4) is 0 Å². The normalized spacial score (nSPS) is 14.4. The van der Waals surface area contributed by atoms with Gasteiger partial charge >= 0.3 is 0 Å². The molecule has 0 fully saturated rings. The Kier molecular flexibility index (Phi) is 4.40. The Balaban J connectivity index is 1.82. The van der Waals surface area contributed by atoms with Crippen molar-refractivity contribution >= 4 is 51.0 Å². The fourth-order valence-corrected chi connectivity index (χ4v) is 4.76. The van der Waals surface area contributed by atoms with Crippen LogP contribution in [0.3, 0.4) is 0 Å². The first-order chi connectivity index (χ1) is 12.0. The van der Waals surface area contributed by atoms with Gasteiger partial charge in [0.2, 0.25) is 0 Å². The molecule has 0 radical (unpaired) electrons. The number of hydrogen-bond acceptors (Lipinski definition) is 4. The molecule has 1 aliphatic carbocycles. The van der Waals surface area contributed by atoms with E-state index in [0.29, 0.717) is 15.9 Å². The molecule has 0 N–H and O–H groups in total. The monoisotopic (exact) mass is 391 g/mol. The third-order valence-corrected chi connectivity index (χ3v) is 6.32. The van der Waals surface area contributed by atoms with E-state index < -0.39 is 0 Å². The van der Waals surface area contributed by atoms with E-state index >= 15 is 0 Å². The average molecular weight is 392 g/mol. The zero-order chi connectivity index (χ0) is 17.6.